The van der Waals surface area contributed by atoms with E-state index in [2.05, 4.69) is 5.16 Å². The smallest absolute Gasteiger partial charge is 0.202 e. The number of carbonyl (C=O) groups is 2. The van der Waals surface area contributed by atoms with E-state index in [4.69, 9.17) is 4.52 Å². The highest BCUT2D eigenvalue weighted by Crippen LogP contribution is 2.09. The monoisotopic (exact) mass is 229 g/mol. The predicted octanol–water partition coefficient (Wildman–Crippen LogP) is 2.52. The average Bonchev–Trinajstić information content (AvgIpc) is 2.90. The highest BCUT2D eigenvalue weighted by atomic mass is 16.5. The molecule has 0 saturated heterocycles. The molecule has 0 aliphatic heterocycles. The number of aromatic nitrogens is 1. The third kappa shape index (κ3) is 2.87. The number of carbonyl (C=O) groups excluding carboxylic acids is 2. The van der Waals surface area contributed by atoms with Crippen molar-refractivity contribution in [2.24, 2.45) is 0 Å². The van der Waals surface area contributed by atoms with Crippen molar-refractivity contribution in [3.05, 3.63) is 53.9 Å². The van der Waals surface area contributed by atoms with E-state index in [0.29, 0.717) is 5.56 Å². The van der Waals surface area contributed by atoms with Crippen LogP contribution in [0.5, 0.6) is 0 Å². The summed E-state index contributed by atoms with van der Waals surface area (Å²) in [6.07, 6.45) is 1.73. The minimum Gasteiger partial charge on any atom is -0.353 e. The van der Waals surface area contributed by atoms with Crippen molar-refractivity contribution in [1.29, 1.82) is 0 Å². The average molecular weight is 229 g/mol. The Morgan fingerprint density at radius 2 is 1.71 bits per heavy atom. The van der Waals surface area contributed by atoms with Gasteiger partial charge in [-0.15, -0.1) is 0 Å². The molecular weight excluding hydrogens is 218 g/mol. The van der Waals surface area contributed by atoms with Gasteiger partial charge in [0.25, 0.3) is 0 Å². The molecule has 0 radical (unpaired) electrons. The molecule has 2 aromatic rings. The molecule has 0 aliphatic carbocycles. The first-order valence-electron chi connectivity index (χ1n) is 5.29. The number of hydrogen-bond donors (Lipinski definition) is 0. The molecule has 0 bridgehead atoms. The van der Waals surface area contributed by atoms with Gasteiger partial charge < -0.3 is 4.52 Å². The Bertz CT molecular complexity index is 503. The van der Waals surface area contributed by atoms with Crippen molar-refractivity contribution in [2.75, 3.05) is 0 Å². The van der Waals surface area contributed by atoms with E-state index in [1.807, 2.05) is 6.07 Å². The van der Waals surface area contributed by atoms with Crippen LogP contribution in [0.25, 0.3) is 0 Å². The zero-order valence-corrected chi connectivity index (χ0v) is 9.13. The van der Waals surface area contributed by atoms with E-state index in [9.17, 15) is 9.59 Å². The SMILES string of the molecule is O=C(CCC(=O)c1ccno1)c1ccccc1. The van der Waals surface area contributed by atoms with E-state index in [1.54, 1.807) is 24.3 Å². The normalized spacial score (nSPS) is 10.1. The maximum absolute atomic E-state index is 11.7. The predicted molar refractivity (Wildman–Crippen MR) is 60.8 cm³/mol. The third-order valence-corrected chi connectivity index (χ3v) is 2.39. The molecule has 86 valence electrons. The molecule has 0 fully saturated rings. The standard InChI is InChI=1S/C13H11NO3/c15-11(10-4-2-1-3-5-10)6-7-12(16)13-8-9-14-17-13/h1-5,8-9H,6-7H2. The quantitative estimate of drug-likeness (QED) is 0.739. The van der Waals surface area contributed by atoms with Gasteiger partial charge in [0.2, 0.25) is 11.5 Å². The van der Waals surface area contributed by atoms with Crippen LogP contribution in [0, 0.1) is 0 Å². The molecule has 4 heteroatoms. The molecule has 1 heterocycles. The minimum absolute atomic E-state index is 0.0431. The van der Waals surface area contributed by atoms with E-state index >= 15 is 0 Å². The summed E-state index contributed by atoms with van der Waals surface area (Å²) in [6, 6.07) is 10.4. The molecule has 2 rings (SSSR count). The molecule has 0 amide bonds. The Morgan fingerprint density at radius 1 is 1.00 bits per heavy atom. The number of nitrogens with zero attached hydrogens (tertiary/aromatic N) is 1. The van der Waals surface area contributed by atoms with Gasteiger partial charge in [-0.25, -0.2) is 0 Å². The number of benzene rings is 1. The molecule has 0 N–H and O–H groups in total. The van der Waals surface area contributed by atoms with E-state index in [0.717, 1.165) is 0 Å². The van der Waals surface area contributed by atoms with Gasteiger partial charge in [0.05, 0.1) is 6.20 Å². The van der Waals surface area contributed by atoms with Gasteiger partial charge in [-0.1, -0.05) is 35.5 Å². The number of rotatable bonds is 5. The second-order valence-electron chi connectivity index (χ2n) is 3.59. The van der Waals surface area contributed by atoms with Crippen LogP contribution in [-0.2, 0) is 0 Å². The van der Waals surface area contributed by atoms with Crippen LogP contribution >= 0.6 is 0 Å². The van der Waals surface area contributed by atoms with Crippen LogP contribution in [0.3, 0.4) is 0 Å². The summed E-state index contributed by atoms with van der Waals surface area (Å²) in [5.41, 5.74) is 0.623. The molecule has 17 heavy (non-hydrogen) atoms. The molecule has 0 aliphatic rings. The molecular formula is C13H11NO3. The number of Topliss-reactive ketones (excluding diaryl/α,β-unsaturated/α-hetero) is 2. The van der Waals surface area contributed by atoms with Gasteiger partial charge >= 0.3 is 0 Å². The summed E-state index contributed by atoms with van der Waals surface area (Å²) in [7, 11) is 0. The molecule has 4 nitrogen and oxygen atoms in total. The number of hydrogen-bond acceptors (Lipinski definition) is 4. The molecule has 1 aromatic heterocycles. The lowest BCUT2D eigenvalue weighted by Gasteiger charge is -1.98. The van der Waals surface area contributed by atoms with Gasteiger partial charge in [-0.3, -0.25) is 9.59 Å². The van der Waals surface area contributed by atoms with Crippen molar-refractivity contribution >= 4 is 11.6 Å². The van der Waals surface area contributed by atoms with Crippen LogP contribution in [-0.4, -0.2) is 16.7 Å². The van der Waals surface area contributed by atoms with Gasteiger partial charge in [0.15, 0.2) is 5.78 Å². The molecule has 0 spiro atoms. The first kappa shape index (κ1) is 11.3. The van der Waals surface area contributed by atoms with Crippen molar-refractivity contribution in [1.82, 2.24) is 5.16 Å². The lowest BCUT2D eigenvalue weighted by atomic mass is 10.0. The largest absolute Gasteiger partial charge is 0.353 e. The Hall–Kier alpha value is -2.23. The first-order chi connectivity index (χ1) is 8.27. The van der Waals surface area contributed by atoms with Gasteiger partial charge in [-0.2, -0.15) is 0 Å². The summed E-state index contributed by atoms with van der Waals surface area (Å²) < 4.78 is 4.72. The van der Waals surface area contributed by atoms with Crippen LogP contribution in [0.15, 0.2) is 47.1 Å². The fraction of sp³-hybridized carbons (Fsp3) is 0.154. The maximum Gasteiger partial charge on any atom is 0.202 e. The third-order valence-electron chi connectivity index (χ3n) is 2.39. The lowest BCUT2D eigenvalue weighted by molar-refractivity contribution is 0.0896. The van der Waals surface area contributed by atoms with Crippen LogP contribution in [0.4, 0.5) is 0 Å². The molecule has 0 unspecified atom stereocenters. The van der Waals surface area contributed by atoms with Crippen LogP contribution in [0.1, 0.15) is 33.8 Å². The molecule has 0 atom stereocenters. The highest BCUT2D eigenvalue weighted by Gasteiger charge is 2.13. The summed E-state index contributed by atoms with van der Waals surface area (Å²) in [5, 5.41) is 3.45. The van der Waals surface area contributed by atoms with Gasteiger partial charge in [0.1, 0.15) is 0 Å². The summed E-state index contributed by atoms with van der Waals surface area (Å²) in [4.78, 5) is 23.3. The number of ketones is 2. The maximum atomic E-state index is 11.7. The fourth-order valence-corrected chi connectivity index (χ4v) is 1.48. The Balaban J connectivity index is 1.91. The Labute approximate surface area is 98.2 Å². The Kier molecular flexibility index (Phi) is 3.45. The van der Waals surface area contributed by atoms with Gasteiger partial charge in [-0.05, 0) is 0 Å². The van der Waals surface area contributed by atoms with Crippen molar-refractivity contribution in [3.8, 4) is 0 Å². The van der Waals surface area contributed by atoms with E-state index in [1.165, 1.54) is 12.3 Å². The zero-order chi connectivity index (χ0) is 12.1. The second-order valence-corrected chi connectivity index (χ2v) is 3.59. The fourth-order valence-electron chi connectivity index (χ4n) is 1.48. The van der Waals surface area contributed by atoms with E-state index < -0.39 is 0 Å². The van der Waals surface area contributed by atoms with Crippen LogP contribution < -0.4 is 0 Å². The molecule has 1 aromatic carbocycles. The van der Waals surface area contributed by atoms with Crippen molar-refractivity contribution in [3.63, 3.8) is 0 Å². The summed E-state index contributed by atoms with van der Waals surface area (Å²) >= 11 is 0. The topological polar surface area (TPSA) is 60.2 Å². The summed E-state index contributed by atoms with van der Waals surface area (Å²) in [5.74, 6) is -0.0453. The zero-order valence-electron chi connectivity index (χ0n) is 9.13. The van der Waals surface area contributed by atoms with Crippen molar-refractivity contribution in [2.45, 2.75) is 12.8 Å². The Morgan fingerprint density at radius 3 is 2.35 bits per heavy atom. The summed E-state index contributed by atoms with van der Waals surface area (Å²) in [6.45, 7) is 0. The minimum atomic E-state index is -0.202. The molecule has 0 saturated carbocycles. The first-order valence-corrected chi connectivity index (χ1v) is 5.29. The van der Waals surface area contributed by atoms with Crippen molar-refractivity contribution < 1.29 is 14.1 Å². The van der Waals surface area contributed by atoms with Gasteiger partial charge in [0, 0.05) is 24.5 Å². The highest BCUT2D eigenvalue weighted by molar-refractivity contribution is 6.00. The van der Waals surface area contributed by atoms with E-state index in [-0.39, 0.29) is 30.2 Å². The second kappa shape index (κ2) is 5.21. The lowest BCUT2D eigenvalue weighted by Crippen LogP contribution is -2.04. The van der Waals surface area contributed by atoms with Crippen LogP contribution in [0.2, 0.25) is 0 Å².